The number of benzene rings is 3. The van der Waals surface area contributed by atoms with E-state index in [1.54, 1.807) is 24.3 Å². The van der Waals surface area contributed by atoms with Gasteiger partial charge >= 0.3 is 12.0 Å². The molecule has 0 saturated carbocycles. The first-order chi connectivity index (χ1) is 19.0. The number of hydrogen-bond donors (Lipinski definition) is 5. The molecule has 3 amide bonds. The summed E-state index contributed by atoms with van der Waals surface area (Å²) in [5.41, 5.74) is 11.1. The van der Waals surface area contributed by atoms with Gasteiger partial charge in [-0.2, -0.15) is 0 Å². The SMILES string of the molecule is CC(=O)N(C(=O)Nc1ccccc1-c1ccccc1)[C@](CCCN=C(N)N)(NCc1cc(Cl)cc(Cl)c1)C(=O)O. The lowest BCUT2D eigenvalue weighted by atomic mass is 10.00. The number of amides is 3. The summed E-state index contributed by atoms with van der Waals surface area (Å²) in [4.78, 5) is 44.2. The van der Waals surface area contributed by atoms with Crippen LogP contribution in [0.3, 0.4) is 0 Å². The van der Waals surface area contributed by atoms with Crippen molar-refractivity contribution in [3.05, 3.63) is 88.4 Å². The van der Waals surface area contributed by atoms with Gasteiger partial charge in [0.1, 0.15) is 0 Å². The number of urea groups is 1. The maximum Gasteiger partial charge on any atom is 0.345 e. The van der Waals surface area contributed by atoms with Crippen molar-refractivity contribution in [2.45, 2.75) is 32.0 Å². The normalized spacial score (nSPS) is 12.2. The van der Waals surface area contributed by atoms with Crippen molar-refractivity contribution in [2.24, 2.45) is 16.5 Å². The number of aliphatic carboxylic acids is 1. The van der Waals surface area contributed by atoms with Gasteiger partial charge in [-0.15, -0.1) is 0 Å². The predicted molar refractivity (Wildman–Crippen MR) is 157 cm³/mol. The van der Waals surface area contributed by atoms with Crippen molar-refractivity contribution in [3.63, 3.8) is 0 Å². The Morgan fingerprint density at radius 3 is 2.20 bits per heavy atom. The molecule has 0 unspecified atom stereocenters. The molecule has 40 heavy (non-hydrogen) atoms. The van der Waals surface area contributed by atoms with Gasteiger partial charge in [0.25, 0.3) is 0 Å². The van der Waals surface area contributed by atoms with Crippen LogP contribution in [0.15, 0.2) is 77.8 Å². The lowest BCUT2D eigenvalue weighted by Gasteiger charge is -2.39. The first kappa shape index (κ1) is 30.4. The van der Waals surface area contributed by atoms with E-state index in [9.17, 15) is 19.5 Å². The van der Waals surface area contributed by atoms with Crippen LogP contribution in [-0.4, -0.2) is 46.1 Å². The Morgan fingerprint density at radius 2 is 1.60 bits per heavy atom. The average molecular weight is 585 g/mol. The van der Waals surface area contributed by atoms with Crippen LogP contribution >= 0.6 is 23.2 Å². The number of nitrogens with one attached hydrogen (secondary N) is 2. The summed E-state index contributed by atoms with van der Waals surface area (Å²) >= 11 is 12.2. The van der Waals surface area contributed by atoms with Crippen molar-refractivity contribution in [1.82, 2.24) is 10.2 Å². The van der Waals surface area contributed by atoms with Gasteiger partial charge in [-0.1, -0.05) is 71.7 Å². The van der Waals surface area contributed by atoms with E-state index in [1.807, 2.05) is 42.5 Å². The monoisotopic (exact) mass is 584 g/mol. The molecule has 3 aromatic carbocycles. The minimum atomic E-state index is -2.18. The van der Waals surface area contributed by atoms with Gasteiger partial charge in [-0.3, -0.25) is 15.1 Å². The molecule has 0 radical (unpaired) electrons. The average Bonchev–Trinajstić information content (AvgIpc) is 2.89. The van der Waals surface area contributed by atoms with E-state index in [0.29, 0.717) is 31.8 Å². The van der Waals surface area contributed by atoms with E-state index in [1.165, 1.54) is 6.07 Å². The van der Waals surface area contributed by atoms with E-state index in [0.717, 1.165) is 12.5 Å². The highest BCUT2D eigenvalue weighted by atomic mass is 35.5. The molecule has 0 heterocycles. The van der Waals surface area contributed by atoms with Crippen LogP contribution in [0.5, 0.6) is 0 Å². The maximum atomic E-state index is 13.7. The smallest absolute Gasteiger partial charge is 0.345 e. The van der Waals surface area contributed by atoms with Gasteiger partial charge in [0, 0.05) is 35.6 Å². The Balaban J connectivity index is 2.01. The molecule has 3 rings (SSSR count). The third-order valence-electron chi connectivity index (χ3n) is 6.01. The second-order valence-corrected chi connectivity index (χ2v) is 9.78. The van der Waals surface area contributed by atoms with Crippen molar-refractivity contribution in [1.29, 1.82) is 0 Å². The number of carbonyl (C=O) groups is 3. The molecule has 7 N–H and O–H groups in total. The summed E-state index contributed by atoms with van der Waals surface area (Å²) in [5.74, 6) is -2.41. The second kappa shape index (κ2) is 13.8. The number of nitrogens with zero attached hydrogens (tertiary/aromatic N) is 2. The van der Waals surface area contributed by atoms with E-state index < -0.39 is 23.6 Å². The highest BCUT2D eigenvalue weighted by molar-refractivity contribution is 6.34. The number of hydrogen-bond acceptors (Lipinski definition) is 5. The third-order valence-corrected chi connectivity index (χ3v) is 6.44. The Bertz CT molecular complexity index is 1380. The standard InChI is InChI=1S/C28H30Cl2N6O4/c1-18(37)36(27(40)35-24-11-6-5-10-23(24)20-8-3-2-4-9-20)28(25(38)39,12-7-13-33-26(31)32)34-17-19-14-21(29)16-22(30)15-19/h2-6,8-11,14-16,34H,7,12-13,17H2,1H3,(H,35,40)(H,38,39)(H4,31,32,33)/t28-/m0/s1. The third kappa shape index (κ3) is 7.72. The Labute approximate surface area is 242 Å². The van der Waals surface area contributed by atoms with E-state index in [2.05, 4.69) is 15.6 Å². The molecule has 3 aromatic rings. The molecular weight excluding hydrogens is 555 g/mol. The number of imide groups is 1. The Hall–Kier alpha value is -4.12. The van der Waals surface area contributed by atoms with E-state index in [-0.39, 0.29) is 31.9 Å². The number of para-hydroxylation sites is 1. The number of carboxylic acids is 1. The number of guanidine groups is 1. The van der Waals surface area contributed by atoms with Crippen LogP contribution in [0, 0.1) is 0 Å². The summed E-state index contributed by atoms with van der Waals surface area (Å²) in [6.07, 6.45) is -0.0775. The molecule has 10 nitrogen and oxygen atoms in total. The number of carboxylic acid groups (broad SMARTS) is 1. The Morgan fingerprint density at radius 1 is 0.975 bits per heavy atom. The van der Waals surface area contributed by atoms with Gasteiger partial charge in [0.15, 0.2) is 5.96 Å². The minimum absolute atomic E-state index is 0.0756. The molecule has 0 bridgehead atoms. The lowest BCUT2D eigenvalue weighted by molar-refractivity contribution is -0.158. The van der Waals surface area contributed by atoms with Gasteiger partial charge in [0.2, 0.25) is 11.6 Å². The highest BCUT2D eigenvalue weighted by Crippen LogP contribution is 2.30. The summed E-state index contributed by atoms with van der Waals surface area (Å²) in [7, 11) is 0. The first-order valence-electron chi connectivity index (χ1n) is 12.3. The molecule has 12 heteroatoms. The summed E-state index contributed by atoms with van der Waals surface area (Å²) in [6, 6.07) is 20.1. The molecule has 0 fully saturated rings. The zero-order valence-electron chi connectivity index (χ0n) is 21.7. The molecule has 0 aliphatic heterocycles. The molecule has 0 aliphatic carbocycles. The molecular formula is C28H30Cl2N6O4. The number of anilines is 1. The fourth-order valence-electron chi connectivity index (χ4n) is 4.28. The lowest BCUT2D eigenvalue weighted by Crippen LogP contribution is -2.67. The van der Waals surface area contributed by atoms with E-state index in [4.69, 9.17) is 34.7 Å². The van der Waals surface area contributed by atoms with Crippen molar-refractivity contribution < 1.29 is 19.5 Å². The number of rotatable bonds is 11. The zero-order chi connectivity index (χ0) is 29.3. The second-order valence-electron chi connectivity index (χ2n) is 8.90. The van der Waals surface area contributed by atoms with Crippen LogP contribution in [0.2, 0.25) is 10.0 Å². The van der Waals surface area contributed by atoms with Gasteiger partial charge in [-0.25, -0.2) is 14.5 Å². The fourth-order valence-corrected chi connectivity index (χ4v) is 4.85. The van der Waals surface area contributed by atoms with Crippen LogP contribution in [0.25, 0.3) is 11.1 Å². The molecule has 0 spiro atoms. The summed E-state index contributed by atoms with van der Waals surface area (Å²) in [5, 5.41) is 16.8. The maximum absolute atomic E-state index is 13.7. The highest BCUT2D eigenvalue weighted by Gasteiger charge is 2.48. The van der Waals surface area contributed by atoms with Gasteiger partial charge in [0.05, 0.1) is 5.69 Å². The summed E-state index contributed by atoms with van der Waals surface area (Å²) < 4.78 is 0. The van der Waals surface area contributed by atoms with Crippen LogP contribution in [-0.2, 0) is 16.1 Å². The largest absolute Gasteiger partial charge is 0.478 e. The number of halogens is 2. The molecule has 0 saturated heterocycles. The van der Waals surface area contributed by atoms with Crippen LogP contribution in [0.1, 0.15) is 25.3 Å². The van der Waals surface area contributed by atoms with Crippen molar-refractivity contribution in [3.8, 4) is 11.1 Å². The molecule has 0 aliphatic rings. The number of aliphatic imine (C=N–C) groups is 1. The van der Waals surface area contributed by atoms with E-state index >= 15 is 0 Å². The molecule has 0 aromatic heterocycles. The number of nitrogens with two attached hydrogens (primary N) is 2. The Kier molecular flexibility index (Phi) is 10.5. The first-order valence-corrected chi connectivity index (χ1v) is 13.0. The predicted octanol–water partition coefficient (Wildman–Crippen LogP) is 4.67. The van der Waals surface area contributed by atoms with Crippen molar-refractivity contribution >= 4 is 52.8 Å². The van der Waals surface area contributed by atoms with Crippen LogP contribution < -0.4 is 22.1 Å². The molecule has 1 atom stereocenters. The quantitative estimate of drug-likeness (QED) is 0.0945. The fraction of sp³-hybridized carbons (Fsp3) is 0.214. The van der Waals surface area contributed by atoms with Crippen LogP contribution in [0.4, 0.5) is 10.5 Å². The van der Waals surface area contributed by atoms with Crippen molar-refractivity contribution in [2.75, 3.05) is 11.9 Å². The molecule has 210 valence electrons. The minimum Gasteiger partial charge on any atom is -0.478 e. The van der Waals surface area contributed by atoms with Gasteiger partial charge in [-0.05, 0) is 48.2 Å². The summed E-state index contributed by atoms with van der Waals surface area (Å²) in [6.45, 7) is 1.12. The topological polar surface area (TPSA) is 163 Å². The number of carbonyl (C=O) groups excluding carboxylic acids is 2. The van der Waals surface area contributed by atoms with Gasteiger partial charge < -0.3 is 21.9 Å². The zero-order valence-corrected chi connectivity index (χ0v) is 23.2.